The summed E-state index contributed by atoms with van der Waals surface area (Å²) in [6, 6.07) is 4.85. The number of carboxylic acid groups (broad SMARTS) is 1. The molecule has 0 atom stereocenters. The third kappa shape index (κ3) is 7.00. The van der Waals surface area contributed by atoms with Crippen molar-refractivity contribution in [2.75, 3.05) is 0 Å². The Morgan fingerprint density at radius 3 is 1.84 bits per heavy atom. The molecular formula is C10H12O7SZn. The van der Waals surface area contributed by atoms with E-state index in [2.05, 4.69) is 4.18 Å². The van der Waals surface area contributed by atoms with Gasteiger partial charge in [0.2, 0.25) is 0 Å². The minimum atomic E-state index is -4.96. The van der Waals surface area contributed by atoms with Crippen LogP contribution >= 0.6 is 0 Å². The predicted molar refractivity (Wildman–Crippen MR) is 63.2 cm³/mol. The Morgan fingerprint density at radius 2 is 1.47 bits per heavy atom. The summed E-state index contributed by atoms with van der Waals surface area (Å²) in [4.78, 5) is 21.8. The molecule has 0 saturated carbocycles. The van der Waals surface area contributed by atoms with Crippen LogP contribution in [-0.2, 0) is 34.1 Å². The standard InChI is InChI=1S/C8H6O7S.2CH3.Zn/c9-7(10)5-3-1-2-4-6(5)8(11)15-16(12,13)14;;;/h1-4H,(H,9,10)(H,12,13,14);2*1H3;/q;2*-1;+2. The summed E-state index contributed by atoms with van der Waals surface area (Å²) in [6.45, 7) is 0. The maximum absolute atomic E-state index is 11.2. The van der Waals surface area contributed by atoms with E-state index in [4.69, 9.17) is 9.66 Å². The number of rotatable bonds is 3. The molecule has 102 valence electrons. The molecule has 1 rings (SSSR count). The molecule has 0 saturated heterocycles. The first-order chi connectivity index (χ1) is 7.31. The molecule has 0 aliphatic heterocycles. The molecule has 7 nitrogen and oxygen atoms in total. The van der Waals surface area contributed by atoms with Crippen LogP contribution in [0.4, 0.5) is 0 Å². The van der Waals surface area contributed by atoms with Crippen LogP contribution in [-0.4, -0.2) is 30.0 Å². The fourth-order valence-electron chi connectivity index (χ4n) is 0.988. The number of carbonyl (C=O) groups is 2. The van der Waals surface area contributed by atoms with E-state index in [-0.39, 0.29) is 34.3 Å². The maximum atomic E-state index is 11.2. The molecular weight excluding hydrogens is 330 g/mol. The minimum Gasteiger partial charge on any atom is -0.478 e. The molecule has 1 aromatic rings. The Kier molecular flexibility index (Phi) is 10.5. The molecule has 0 unspecified atom stereocenters. The Morgan fingerprint density at radius 1 is 1.05 bits per heavy atom. The fraction of sp³-hybridized carbons (Fsp3) is 0. The molecule has 0 amide bonds. The van der Waals surface area contributed by atoms with Crippen LogP contribution in [0.2, 0.25) is 0 Å². The molecule has 0 aliphatic rings. The van der Waals surface area contributed by atoms with Crippen molar-refractivity contribution in [3.8, 4) is 0 Å². The van der Waals surface area contributed by atoms with E-state index in [0.717, 1.165) is 12.1 Å². The zero-order chi connectivity index (χ0) is 12.3. The monoisotopic (exact) mass is 340 g/mol. The Balaban J connectivity index is -0.000000853. The first-order valence-corrected chi connectivity index (χ1v) is 5.21. The first kappa shape index (κ1) is 22.8. The number of benzene rings is 1. The van der Waals surface area contributed by atoms with Gasteiger partial charge in [-0.3, -0.25) is 4.55 Å². The molecule has 0 aromatic heterocycles. The number of hydrogen-bond acceptors (Lipinski definition) is 5. The van der Waals surface area contributed by atoms with Gasteiger partial charge in [0.25, 0.3) is 0 Å². The quantitative estimate of drug-likeness (QED) is 0.482. The van der Waals surface area contributed by atoms with Gasteiger partial charge in [-0.25, -0.2) is 9.59 Å². The molecule has 0 radical (unpaired) electrons. The second kappa shape index (κ2) is 8.74. The molecule has 19 heavy (non-hydrogen) atoms. The summed E-state index contributed by atoms with van der Waals surface area (Å²) in [6.07, 6.45) is 0. The van der Waals surface area contributed by atoms with Gasteiger partial charge >= 0.3 is 41.8 Å². The second-order valence-corrected chi connectivity index (χ2v) is 3.67. The summed E-state index contributed by atoms with van der Waals surface area (Å²) in [7, 11) is -4.96. The van der Waals surface area contributed by atoms with Gasteiger partial charge in [0.1, 0.15) is 0 Å². The van der Waals surface area contributed by atoms with E-state index in [1.54, 1.807) is 0 Å². The van der Waals surface area contributed by atoms with Gasteiger partial charge in [-0.05, 0) is 12.1 Å². The van der Waals surface area contributed by atoms with Crippen molar-refractivity contribution in [2.24, 2.45) is 0 Å². The molecule has 0 heterocycles. The largest absolute Gasteiger partial charge is 2.00 e. The molecule has 0 aliphatic carbocycles. The third-order valence-corrected chi connectivity index (χ3v) is 1.92. The first-order valence-electron chi connectivity index (χ1n) is 3.85. The van der Waals surface area contributed by atoms with Gasteiger partial charge in [0, 0.05) is 0 Å². The Hall–Kier alpha value is -1.31. The minimum absolute atomic E-state index is 0. The zero-order valence-corrected chi connectivity index (χ0v) is 14.1. The molecule has 9 heteroatoms. The van der Waals surface area contributed by atoms with Crippen molar-refractivity contribution in [1.82, 2.24) is 0 Å². The summed E-state index contributed by atoms with van der Waals surface area (Å²) in [5.74, 6) is -2.87. The van der Waals surface area contributed by atoms with Gasteiger partial charge < -0.3 is 24.1 Å². The molecule has 0 fully saturated rings. The molecule has 1 aromatic carbocycles. The van der Waals surface area contributed by atoms with Gasteiger partial charge in [0.15, 0.2) is 0 Å². The van der Waals surface area contributed by atoms with Gasteiger partial charge in [-0.2, -0.15) is 8.42 Å². The third-order valence-electron chi connectivity index (χ3n) is 1.56. The number of hydrogen-bond donors (Lipinski definition) is 2. The summed E-state index contributed by atoms with van der Waals surface area (Å²) in [5, 5.41) is 8.69. The van der Waals surface area contributed by atoms with Crippen LogP contribution in [0.25, 0.3) is 0 Å². The van der Waals surface area contributed by atoms with Gasteiger partial charge in [-0.15, -0.1) is 0 Å². The molecule has 0 spiro atoms. The fourth-order valence-corrected chi connectivity index (χ4v) is 1.27. The number of carboxylic acids is 1. The number of aromatic carboxylic acids is 1. The molecule has 2 N–H and O–H groups in total. The Labute approximate surface area is 124 Å². The topological polar surface area (TPSA) is 118 Å². The number of carbonyl (C=O) groups excluding carboxylic acids is 1. The second-order valence-electron chi connectivity index (χ2n) is 2.65. The smallest absolute Gasteiger partial charge is 0.478 e. The average Bonchev–Trinajstić information content (AvgIpc) is 2.15. The van der Waals surface area contributed by atoms with E-state index in [1.807, 2.05) is 0 Å². The van der Waals surface area contributed by atoms with Crippen molar-refractivity contribution in [3.63, 3.8) is 0 Å². The van der Waals surface area contributed by atoms with Crippen molar-refractivity contribution < 1.29 is 51.3 Å². The van der Waals surface area contributed by atoms with E-state index >= 15 is 0 Å². The van der Waals surface area contributed by atoms with Crippen molar-refractivity contribution in [2.45, 2.75) is 0 Å². The van der Waals surface area contributed by atoms with Crippen molar-refractivity contribution in [3.05, 3.63) is 50.2 Å². The zero-order valence-electron chi connectivity index (χ0n) is 10.4. The van der Waals surface area contributed by atoms with E-state index in [1.165, 1.54) is 12.1 Å². The summed E-state index contributed by atoms with van der Waals surface area (Å²) < 4.78 is 32.4. The van der Waals surface area contributed by atoms with Crippen LogP contribution < -0.4 is 0 Å². The SMILES string of the molecule is O=C(O)c1ccccc1C(=O)OS(=O)(=O)O.[CH3-].[CH3-].[Zn+2]. The van der Waals surface area contributed by atoms with Gasteiger partial charge in [-0.1, -0.05) is 12.1 Å². The van der Waals surface area contributed by atoms with Gasteiger partial charge in [0.05, 0.1) is 11.1 Å². The van der Waals surface area contributed by atoms with Crippen LogP contribution in [0.5, 0.6) is 0 Å². The average molecular weight is 342 g/mol. The maximum Gasteiger partial charge on any atom is 2.00 e. The predicted octanol–water partition coefficient (Wildman–Crippen LogP) is 1.24. The van der Waals surface area contributed by atoms with Crippen LogP contribution in [0.15, 0.2) is 24.3 Å². The normalized spacial score (nSPS) is 9.11. The van der Waals surface area contributed by atoms with E-state index < -0.39 is 33.5 Å². The molecule has 0 bridgehead atoms. The van der Waals surface area contributed by atoms with E-state index in [0.29, 0.717) is 0 Å². The Bertz CT molecular complexity index is 539. The van der Waals surface area contributed by atoms with Crippen molar-refractivity contribution >= 4 is 22.3 Å². The summed E-state index contributed by atoms with van der Waals surface area (Å²) >= 11 is 0. The van der Waals surface area contributed by atoms with Crippen LogP contribution in [0, 0.1) is 14.9 Å². The van der Waals surface area contributed by atoms with Crippen LogP contribution in [0.3, 0.4) is 0 Å². The van der Waals surface area contributed by atoms with Crippen LogP contribution in [0.1, 0.15) is 20.7 Å². The summed E-state index contributed by atoms with van der Waals surface area (Å²) in [5.41, 5.74) is -0.885. The van der Waals surface area contributed by atoms with E-state index in [9.17, 15) is 18.0 Å². The van der Waals surface area contributed by atoms with Crippen molar-refractivity contribution in [1.29, 1.82) is 0 Å².